The van der Waals surface area contributed by atoms with E-state index in [-0.39, 0.29) is 23.6 Å². The number of para-hydroxylation sites is 1. The molecule has 0 spiro atoms. The molecule has 0 aliphatic carbocycles. The first-order valence-corrected chi connectivity index (χ1v) is 9.13. The normalized spacial score (nSPS) is 12.4. The largest absolute Gasteiger partial charge is 0.398 e. The summed E-state index contributed by atoms with van der Waals surface area (Å²) in [7, 11) is 0. The van der Waals surface area contributed by atoms with E-state index in [0.717, 1.165) is 16.0 Å². The summed E-state index contributed by atoms with van der Waals surface area (Å²) in [5.41, 5.74) is 9.63. The molecule has 0 radical (unpaired) electrons. The van der Waals surface area contributed by atoms with Gasteiger partial charge in [0.25, 0.3) is 17.7 Å². The van der Waals surface area contributed by atoms with Crippen molar-refractivity contribution in [2.75, 3.05) is 17.6 Å². The number of rotatable bonds is 4. The number of benzene rings is 3. The molecule has 3 aromatic rings. The molecule has 0 saturated carbocycles. The lowest BCUT2D eigenvalue weighted by molar-refractivity contribution is 0.0673. The predicted molar refractivity (Wildman–Crippen MR) is 112 cm³/mol. The van der Waals surface area contributed by atoms with Crippen molar-refractivity contribution in [2.24, 2.45) is 0 Å². The van der Waals surface area contributed by atoms with Crippen LogP contribution < -0.4 is 11.1 Å². The fourth-order valence-corrected chi connectivity index (χ4v) is 3.35. The molecule has 30 heavy (non-hydrogen) atoms. The van der Waals surface area contributed by atoms with E-state index < -0.39 is 11.8 Å². The van der Waals surface area contributed by atoms with E-state index >= 15 is 0 Å². The summed E-state index contributed by atoms with van der Waals surface area (Å²) >= 11 is 0. The zero-order valence-corrected chi connectivity index (χ0v) is 15.8. The molecule has 0 aromatic heterocycles. The summed E-state index contributed by atoms with van der Waals surface area (Å²) < 4.78 is 0. The van der Waals surface area contributed by atoms with Crippen molar-refractivity contribution < 1.29 is 14.4 Å². The lowest BCUT2D eigenvalue weighted by atomic mass is 10.0. The second kappa shape index (κ2) is 7.53. The van der Waals surface area contributed by atoms with Crippen LogP contribution in [-0.2, 0) is 0 Å². The Hall–Kier alpha value is -4.44. The van der Waals surface area contributed by atoms with Crippen LogP contribution in [0.15, 0.2) is 66.7 Å². The fourth-order valence-electron chi connectivity index (χ4n) is 3.35. The van der Waals surface area contributed by atoms with Gasteiger partial charge in [-0.15, -0.1) is 0 Å². The van der Waals surface area contributed by atoms with Gasteiger partial charge >= 0.3 is 0 Å². The third kappa shape index (κ3) is 3.27. The van der Waals surface area contributed by atoms with Crippen molar-refractivity contribution >= 4 is 29.1 Å². The van der Waals surface area contributed by atoms with Gasteiger partial charge in [0.2, 0.25) is 0 Å². The summed E-state index contributed by atoms with van der Waals surface area (Å²) in [5.74, 6) is -1.41. The third-order valence-electron chi connectivity index (χ3n) is 4.88. The van der Waals surface area contributed by atoms with Gasteiger partial charge in [-0.2, -0.15) is 5.26 Å². The Morgan fingerprint density at radius 3 is 2.33 bits per heavy atom. The van der Waals surface area contributed by atoms with Crippen LogP contribution in [0.3, 0.4) is 0 Å². The molecular formula is C23H16N4O3. The van der Waals surface area contributed by atoms with E-state index in [9.17, 15) is 14.4 Å². The highest BCUT2D eigenvalue weighted by Crippen LogP contribution is 2.27. The van der Waals surface area contributed by atoms with E-state index in [1.807, 2.05) is 36.4 Å². The molecule has 3 amide bonds. The van der Waals surface area contributed by atoms with E-state index in [0.29, 0.717) is 16.9 Å². The zero-order chi connectivity index (χ0) is 21.3. The second-order valence-electron chi connectivity index (χ2n) is 6.73. The monoisotopic (exact) mass is 396 g/mol. The lowest BCUT2D eigenvalue weighted by Gasteiger charge is -2.09. The molecule has 146 valence electrons. The Balaban J connectivity index is 1.53. The van der Waals surface area contributed by atoms with Crippen LogP contribution in [0, 0.1) is 11.3 Å². The minimum atomic E-state index is -0.544. The number of anilines is 2. The number of imide groups is 1. The SMILES string of the molecule is N#CCN1C(=O)c2ccc(NC(=O)c3ccc(-c4ccccc4N)cc3)cc2C1=O. The molecule has 7 heteroatoms. The van der Waals surface area contributed by atoms with E-state index in [4.69, 9.17) is 11.0 Å². The van der Waals surface area contributed by atoms with Crippen molar-refractivity contribution in [3.63, 3.8) is 0 Å². The van der Waals surface area contributed by atoms with Crippen LogP contribution in [0.25, 0.3) is 11.1 Å². The molecule has 7 nitrogen and oxygen atoms in total. The number of nitrogens with two attached hydrogens (primary N) is 1. The number of hydrogen-bond donors (Lipinski definition) is 2. The van der Waals surface area contributed by atoms with Crippen molar-refractivity contribution in [3.05, 3.63) is 83.4 Å². The van der Waals surface area contributed by atoms with Gasteiger partial charge in [-0.05, 0) is 42.0 Å². The molecule has 4 rings (SSSR count). The van der Waals surface area contributed by atoms with Gasteiger partial charge in [0.1, 0.15) is 6.54 Å². The molecule has 0 unspecified atom stereocenters. The minimum Gasteiger partial charge on any atom is -0.398 e. The third-order valence-corrected chi connectivity index (χ3v) is 4.88. The van der Waals surface area contributed by atoms with Crippen LogP contribution in [0.4, 0.5) is 11.4 Å². The number of fused-ring (bicyclic) bond motifs is 1. The molecule has 0 atom stereocenters. The molecule has 0 fully saturated rings. The summed E-state index contributed by atoms with van der Waals surface area (Å²) in [6.45, 7) is -0.313. The molecule has 1 aliphatic heterocycles. The van der Waals surface area contributed by atoms with Gasteiger partial charge in [0, 0.05) is 22.5 Å². The summed E-state index contributed by atoms with van der Waals surface area (Å²) in [6, 6.07) is 20.7. The first kappa shape index (κ1) is 18.9. The van der Waals surface area contributed by atoms with Crippen LogP contribution in [0.2, 0.25) is 0 Å². The fraction of sp³-hybridized carbons (Fsp3) is 0.0435. The Morgan fingerprint density at radius 1 is 0.933 bits per heavy atom. The van der Waals surface area contributed by atoms with Gasteiger partial charge in [0.15, 0.2) is 0 Å². The number of nitrogens with zero attached hydrogens (tertiary/aromatic N) is 2. The van der Waals surface area contributed by atoms with Crippen LogP contribution in [0.5, 0.6) is 0 Å². The van der Waals surface area contributed by atoms with Gasteiger partial charge in [-0.3, -0.25) is 19.3 Å². The second-order valence-corrected chi connectivity index (χ2v) is 6.73. The molecule has 3 N–H and O–H groups in total. The van der Waals surface area contributed by atoms with Gasteiger partial charge in [-0.25, -0.2) is 0 Å². The predicted octanol–water partition coefficient (Wildman–Crippen LogP) is 3.31. The number of nitrogen functional groups attached to an aromatic ring is 1. The van der Waals surface area contributed by atoms with Gasteiger partial charge < -0.3 is 11.1 Å². The highest BCUT2D eigenvalue weighted by molar-refractivity contribution is 6.22. The Bertz CT molecular complexity index is 1230. The summed E-state index contributed by atoms with van der Waals surface area (Å²) in [6.07, 6.45) is 0. The Kier molecular flexibility index (Phi) is 4.74. The number of nitriles is 1. The Morgan fingerprint density at radius 2 is 1.63 bits per heavy atom. The maximum absolute atomic E-state index is 12.6. The molecule has 0 bridgehead atoms. The standard InChI is InChI=1S/C23H16N4O3/c24-11-12-27-22(29)18-10-9-16(13-19(18)23(27)30)26-21(28)15-7-5-14(6-8-15)17-3-1-2-4-20(17)25/h1-10,13H,12,25H2,(H,26,28). The van der Waals surface area contributed by atoms with Crippen LogP contribution in [-0.4, -0.2) is 29.2 Å². The maximum Gasteiger partial charge on any atom is 0.262 e. The van der Waals surface area contributed by atoms with E-state index in [1.165, 1.54) is 12.1 Å². The van der Waals surface area contributed by atoms with Crippen molar-refractivity contribution in [1.29, 1.82) is 5.26 Å². The number of nitrogens with one attached hydrogen (secondary N) is 1. The first-order chi connectivity index (χ1) is 14.5. The van der Waals surface area contributed by atoms with Crippen LogP contribution >= 0.6 is 0 Å². The molecule has 0 saturated heterocycles. The topological polar surface area (TPSA) is 116 Å². The average Bonchev–Trinajstić information content (AvgIpc) is 2.99. The number of carbonyl (C=O) groups is 3. The van der Waals surface area contributed by atoms with Gasteiger partial charge in [-0.1, -0.05) is 30.3 Å². The zero-order valence-electron chi connectivity index (χ0n) is 15.8. The van der Waals surface area contributed by atoms with E-state index in [1.54, 1.807) is 24.3 Å². The number of carbonyl (C=O) groups excluding carboxylic acids is 3. The molecule has 1 aliphatic rings. The molecule has 3 aromatic carbocycles. The maximum atomic E-state index is 12.6. The number of amides is 3. The summed E-state index contributed by atoms with van der Waals surface area (Å²) in [5, 5.41) is 11.5. The lowest BCUT2D eigenvalue weighted by Crippen LogP contribution is -2.29. The number of hydrogen-bond acceptors (Lipinski definition) is 5. The van der Waals surface area contributed by atoms with Crippen LogP contribution in [0.1, 0.15) is 31.1 Å². The highest BCUT2D eigenvalue weighted by Gasteiger charge is 2.35. The molecule has 1 heterocycles. The average molecular weight is 396 g/mol. The smallest absolute Gasteiger partial charge is 0.262 e. The highest BCUT2D eigenvalue weighted by atomic mass is 16.2. The minimum absolute atomic E-state index is 0.169. The van der Waals surface area contributed by atoms with Crippen molar-refractivity contribution in [3.8, 4) is 17.2 Å². The quantitative estimate of drug-likeness (QED) is 0.399. The van der Waals surface area contributed by atoms with Crippen molar-refractivity contribution in [1.82, 2.24) is 4.90 Å². The Labute approximate surface area is 172 Å². The van der Waals surface area contributed by atoms with E-state index in [2.05, 4.69) is 5.32 Å². The molecular weight excluding hydrogens is 380 g/mol. The first-order valence-electron chi connectivity index (χ1n) is 9.13. The van der Waals surface area contributed by atoms with Gasteiger partial charge in [0.05, 0.1) is 17.2 Å². The van der Waals surface area contributed by atoms with Crippen molar-refractivity contribution in [2.45, 2.75) is 0 Å². The summed E-state index contributed by atoms with van der Waals surface area (Å²) in [4.78, 5) is 38.0.